The summed E-state index contributed by atoms with van der Waals surface area (Å²) in [5, 5.41) is 6.68. The zero-order valence-corrected chi connectivity index (χ0v) is 15.6. The number of anilines is 1. The highest BCUT2D eigenvalue weighted by Gasteiger charge is 2.19. The lowest BCUT2D eigenvalue weighted by Gasteiger charge is -2.09. The highest BCUT2D eigenvalue weighted by Crippen LogP contribution is 2.22. The summed E-state index contributed by atoms with van der Waals surface area (Å²) in [6, 6.07) is 7.04. The highest BCUT2D eigenvalue weighted by molar-refractivity contribution is 5.97. The number of hydrogen-bond acceptors (Lipinski definition) is 3. The SMILES string of the molecule is Cc1nn(-c2ccc(F)cc2)c(C)c1CC(=O)Nc1cc(C(N)=O)c(F)cc1F. The van der Waals surface area contributed by atoms with Crippen LogP contribution in [-0.2, 0) is 11.2 Å². The molecule has 0 bridgehead atoms. The fraction of sp³-hybridized carbons (Fsp3) is 0.150. The maximum Gasteiger partial charge on any atom is 0.251 e. The van der Waals surface area contributed by atoms with Crippen LogP contribution in [0.25, 0.3) is 5.69 Å². The van der Waals surface area contributed by atoms with E-state index in [0.717, 1.165) is 6.07 Å². The summed E-state index contributed by atoms with van der Waals surface area (Å²) in [5.74, 6) is -4.19. The molecule has 0 atom stereocenters. The molecule has 1 aromatic heterocycles. The van der Waals surface area contributed by atoms with Crippen molar-refractivity contribution in [3.8, 4) is 5.69 Å². The molecule has 150 valence electrons. The lowest BCUT2D eigenvalue weighted by atomic mass is 10.1. The molecule has 0 saturated heterocycles. The zero-order chi connectivity index (χ0) is 21.3. The molecular weight excluding hydrogens is 385 g/mol. The van der Waals surface area contributed by atoms with E-state index >= 15 is 0 Å². The molecule has 6 nitrogen and oxygen atoms in total. The van der Waals surface area contributed by atoms with Crippen LogP contribution in [0.1, 0.15) is 27.3 Å². The molecule has 0 spiro atoms. The Labute approximate surface area is 164 Å². The number of nitrogens with two attached hydrogens (primary N) is 1. The number of aryl methyl sites for hydroxylation is 1. The number of amides is 2. The molecule has 3 rings (SSSR count). The number of primary amides is 1. The molecule has 0 fully saturated rings. The third-order valence-electron chi connectivity index (χ3n) is 4.45. The van der Waals surface area contributed by atoms with E-state index in [1.165, 1.54) is 12.1 Å². The van der Waals surface area contributed by atoms with Crippen LogP contribution in [0.4, 0.5) is 18.9 Å². The van der Waals surface area contributed by atoms with Gasteiger partial charge in [0, 0.05) is 17.3 Å². The van der Waals surface area contributed by atoms with Gasteiger partial charge >= 0.3 is 0 Å². The van der Waals surface area contributed by atoms with Crippen LogP contribution in [-0.4, -0.2) is 21.6 Å². The molecule has 0 radical (unpaired) electrons. The van der Waals surface area contributed by atoms with E-state index in [1.807, 2.05) is 0 Å². The number of aromatic nitrogens is 2. The quantitative estimate of drug-likeness (QED) is 0.687. The van der Waals surface area contributed by atoms with Gasteiger partial charge in [-0.2, -0.15) is 5.10 Å². The summed E-state index contributed by atoms with van der Waals surface area (Å²) in [7, 11) is 0. The summed E-state index contributed by atoms with van der Waals surface area (Å²) in [5.41, 5.74) is 6.61. The predicted octanol–water partition coefficient (Wildman–Crippen LogP) is 3.19. The summed E-state index contributed by atoms with van der Waals surface area (Å²) in [6.07, 6.45) is -0.137. The van der Waals surface area contributed by atoms with Gasteiger partial charge in [0.15, 0.2) is 0 Å². The predicted molar refractivity (Wildman–Crippen MR) is 100 cm³/mol. The number of nitrogens with one attached hydrogen (secondary N) is 1. The average molecular weight is 402 g/mol. The number of rotatable bonds is 5. The van der Waals surface area contributed by atoms with Crippen LogP contribution in [0.2, 0.25) is 0 Å². The van der Waals surface area contributed by atoms with Gasteiger partial charge in [0.05, 0.1) is 29.1 Å². The fourth-order valence-corrected chi connectivity index (χ4v) is 2.95. The van der Waals surface area contributed by atoms with Crippen molar-refractivity contribution in [3.05, 3.63) is 76.4 Å². The molecule has 2 amide bonds. The van der Waals surface area contributed by atoms with Crippen LogP contribution < -0.4 is 11.1 Å². The van der Waals surface area contributed by atoms with Crippen LogP contribution in [0, 0.1) is 31.3 Å². The number of halogens is 3. The summed E-state index contributed by atoms with van der Waals surface area (Å²) in [6.45, 7) is 3.45. The van der Waals surface area contributed by atoms with Gasteiger partial charge in [-0.1, -0.05) is 0 Å². The Morgan fingerprint density at radius 2 is 1.72 bits per heavy atom. The van der Waals surface area contributed by atoms with Crippen molar-refractivity contribution in [2.24, 2.45) is 5.73 Å². The van der Waals surface area contributed by atoms with Crippen molar-refractivity contribution in [2.75, 3.05) is 5.32 Å². The Balaban J connectivity index is 1.84. The molecular formula is C20H17F3N4O2. The second-order valence-corrected chi connectivity index (χ2v) is 6.44. The largest absolute Gasteiger partial charge is 0.366 e. The Hall–Kier alpha value is -3.62. The molecule has 0 saturated carbocycles. The van der Waals surface area contributed by atoms with Gasteiger partial charge in [0.25, 0.3) is 5.91 Å². The van der Waals surface area contributed by atoms with Gasteiger partial charge in [-0.3, -0.25) is 9.59 Å². The van der Waals surface area contributed by atoms with E-state index < -0.39 is 29.0 Å². The normalized spacial score (nSPS) is 10.8. The summed E-state index contributed by atoms with van der Waals surface area (Å²) in [4.78, 5) is 23.6. The maximum atomic E-state index is 14.0. The Morgan fingerprint density at radius 1 is 1.07 bits per heavy atom. The van der Waals surface area contributed by atoms with Crippen LogP contribution >= 0.6 is 0 Å². The number of nitrogens with zero attached hydrogens (tertiary/aromatic N) is 2. The fourth-order valence-electron chi connectivity index (χ4n) is 2.95. The van der Waals surface area contributed by atoms with Crippen molar-refractivity contribution < 1.29 is 22.8 Å². The number of carbonyl (C=O) groups is 2. The topological polar surface area (TPSA) is 90.0 Å². The van der Waals surface area contributed by atoms with E-state index in [4.69, 9.17) is 5.73 Å². The van der Waals surface area contributed by atoms with E-state index in [9.17, 15) is 22.8 Å². The lowest BCUT2D eigenvalue weighted by Crippen LogP contribution is -2.19. The van der Waals surface area contributed by atoms with Crippen molar-refractivity contribution in [2.45, 2.75) is 20.3 Å². The van der Waals surface area contributed by atoms with E-state index in [0.29, 0.717) is 28.7 Å². The molecule has 1 heterocycles. The minimum atomic E-state index is -1.11. The zero-order valence-electron chi connectivity index (χ0n) is 15.6. The van der Waals surface area contributed by atoms with Gasteiger partial charge in [0.2, 0.25) is 5.91 Å². The smallest absolute Gasteiger partial charge is 0.251 e. The van der Waals surface area contributed by atoms with Crippen LogP contribution in [0.5, 0.6) is 0 Å². The highest BCUT2D eigenvalue weighted by atomic mass is 19.1. The van der Waals surface area contributed by atoms with Gasteiger partial charge in [-0.05, 0) is 44.2 Å². The van der Waals surface area contributed by atoms with E-state index in [1.54, 1.807) is 30.7 Å². The van der Waals surface area contributed by atoms with Crippen molar-refractivity contribution in [1.82, 2.24) is 9.78 Å². The van der Waals surface area contributed by atoms with Gasteiger partial charge < -0.3 is 11.1 Å². The molecule has 0 aliphatic rings. The molecule has 0 unspecified atom stereocenters. The van der Waals surface area contributed by atoms with Gasteiger partial charge in [-0.25, -0.2) is 17.9 Å². The molecule has 2 aromatic carbocycles. The second-order valence-electron chi connectivity index (χ2n) is 6.44. The van der Waals surface area contributed by atoms with Gasteiger partial charge in [0.1, 0.15) is 17.5 Å². The van der Waals surface area contributed by atoms with Gasteiger partial charge in [-0.15, -0.1) is 0 Å². The van der Waals surface area contributed by atoms with E-state index in [2.05, 4.69) is 10.4 Å². The second kappa shape index (κ2) is 7.78. The number of benzene rings is 2. The first-order chi connectivity index (χ1) is 13.7. The monoisotopic (exact) mass is 402 g/mol. The number of carbonyl (C=O) groups excluding carboxylic acids is 2. The van der Waals surface area contributed by atoms with Crippen molar-refractivity contribution in [1.29, 1.82) is 0 Å². The van der Waals surface area contributed by atoms with Crippen molar-refractivity contribution >= 4 is 17.5 Å². The first-order valence-corrected chi connectivity index (χ1v) is 8.57. The summed E-state index contributed by atoms with van der Waals surface area (Å²) < 4.78 is 42.2. The molecule has 29 heavy (non-hydrogen) atoms. The third-order valence-corrected chi connectivity index (χ3v) is 4.45. The van der Waals surface area contributed by atoms with Crippen molar-refractivity contribution in [3.63, 3.8) is 0 Å². The molecule has 9 heteroatoms. The lowest BCUT2D eigenvalue weighted by molar-refractivity contribution is -0.115. The first kappa shape index (κ1) is 20.1. The maximum absolute atomic E-state index is 14.0. The Morgan fingerprint density at radius 3 is 2.34 bits per heavy atom. The third kappa shape index (κ3) is 4.13. The minimum Gasteiger partial charge on any atom is -0.366 e. The first-order valence-electron chi connectivity index (χ1n) is 8.57. The molecule has 0 aliphatic carbocycles. The Kier molecular flexibility index (Phi) is 5.40. The summed E-state index contributed by atoms with van der Waals surface area (Å²) >= 11 is 0. The van der Waals surface area contributed by atoms with Crippen LogP contribution in [0.3, 0.4) is 0 Å². The van der Waals surface area contributed by atoms with E-state index in [-0.39, 0.29) is 17.9 Å². The van der Waals surface area contributed by atoms with Crippen LogP contribution in [0.15, 0.2) is 36.4 Å². The molecule has 0 aliphatic heterocycles. The molecule has 3 N–H and O–H groups in total. The standard InChI is InChI=1S/C20H17F3N4O2/c1-10-14(11(2)27(26-10)13-5-3-12(21)4-6-13)8-19(28)25-18-7-15(20(24)29)16(22)9-17(18)23/h3-7,9H,8H2,1-2H3,(H2,24,29)(H,25,28). The number of hydrogen-bond donors (Lipinski definition) is 2. The minimum absolute atomic E-state index is 0.137. The average Bonchev–Trinajstić information content (AvgIpc) is 2.92. The Bertz CT molecular complexity index is 1110. The molecule has 3 aromatic rings.